The van der Waals surface area contributed by atoms with E-state index < -0.39 is 16.1 Å². The third-order valence-corrected chi connectivity index (χ3v) is 6.80. The van der Waals surface area contributed by atoms with Crippen molar-refractivity contribution in [2.24, 2.45) is 5.92 Å². The van der Waals surface area contributed by atoms with Gasteiger partial charge in [-0.2, -0.15) is 0 Å². The SMILES string of the molecule is CC(C)CNC(=O)[C@@H]1CN(S(=O)(=O)c2ccccc2)c2cc(C(C)(C)C)ccc2O1. The Bertz CT molecular complexity index is 1010. The minimum atomic E-state index is -3.86. The van der Waals surface area contributed by atoms with E-state index >= 15 is 0 Å². The molecule has 162 valence electrons. The van der Waals surface area contributed by atoms with E-state index in [-0.39, 0.29) is 28.7 Å². The van der Waals surface area contributed by atoms with Crippen LogP contribution in [0.25, 0.3) is 0 Å². The van der Waals surface area contributed by atoms with Gasteiger partial charge in [-0.15, -0.1) is 0 Å². The fourth-order valence-electron chi connectivity index (χ4n) is 3.22. The molecule has 2 aromatic carbocycles. The zero-order valence-corrected chi connectivity index (χ0v) is 19.0. The monoisotopic (exact) mass is 430 g/mol. The molecule has 0 unspecified atom stereocenters. The Kier molecular flexibility index (Phi) is 6.13. The molecule has 1 N–H and O–H groups in total. The lowest BCUT2D eigenvalue weighted by molar-refractivity contribution is -0.127. The number of hydrogen-bond acceptors (Lipinski definition) is 4. The lowest BCUT2D eigenvalue weighted by Gasteiger charge is -2.36. The Morgan fingerprint density at radius 3 is 2.43 bits per heavy atom. The van der Waals surface area contributed by atoms with Gasteiger partial charge in [0.25, 0.3) is 15.9 Å². The molecule has 0 aromatic heterocycles. The van der Waals surface area contributed by atoms with E-state index in [0.29, 0.717) is 18.0 Å². The Labute approximate surface area is 179 Å². The number of nitrogens with zero attached hydrogens (tertiary/aromatic N) is 1. The van der Waals surface area contributed by atoms with Crippen molar-refractivity contribution in [3.8, 4) is 5.75 Å². The molecule has 2 aromatic rings. The van der Waals surface area contributed by atoms with Crippen LogP contribution in [0.5, 0.6) is 5.75 Å². The smallest absolute Gasteiger partial charge is 0.264 e. The summed E-state index contributed by atoms with van der Waals surface area (Å²) in [5.74, 6) is 0.351. The molecule has 0 spiro atoms. The number of amides is 1. The van der Waals surface area contributed by atoms with Gasteiger partial charge in [0.1, 0.15) is 5.75 Å². The van der Waals surface area contributed by atoms with Crippen LogP contribution in [0.2, 0.25) is 0 Å². The van der Waals surface area contributed by atoms with Crippen LogP contribution >= 0.6 is 0 Å². The van der Waals surface area contributed by atoms with E-state index in [1.54, 1.807) is 36.4 Å². The number of nitrogens with one attached hydrogen (secondary N) is 1. The van der Waals surface area contributed by atoms with Crippen molar-refractivity contribution >= 4 is 21.6 Å². The second-order valence-electron chi connectivity index (χ2n) is 9.03. The highest BCUT2D eigenvalue weighted by molar-refractivity contribution is 7.92. The molecule has 0 saturated heterocycles. The van der Waals surface area contributed by atoms with E-state index in [4.69, 9.17) is 4.74 Å². The maximum atomic E-state index is 13.5. The molecule has 0 radical (unpaired) electrons. The number of benzene rings is 2. The van der Waals surface area contributed by atoms with Crippen LogP contribution in [0.15, 0.2) is 53.4 Å². The van der Waals surface area contributed by atoms with Crippen molar-refractivity contribution in [3.05, 3.63) is 54.1 Å². The van der Waals surface area contributed by atoms with E-state index in [1.807, 2.05) is 26.0 Å². The number of sulfonamides is 1. The first-order valence-electron chi connectivity index (χ1n) is 10.2. The summed E-state index contributed by atoms with van der Waals surface area (Å²) in [5, 5.41) is 2.84. The van der Waals surface area contributed by atoms with Gasteiger partial charge in [-0.25, -0.2) is 8.42 Å². The molecule has 1 aliphatic rings. The van der Waals surface area contributed by atoms with Gasteiger partial charge < -0.3 is 10.1 Å². The number of carbonyl (C=O) groups is 1. The molecule has 3 rings (SSSR count). The average molecular weight is 431 g/mol. The summed E-state index contributed by atoms with van der Waals surface area (Å²) in [6, 6.07) is 13.8. The Balaban J connectivity index is 2.05. The largest absolute Gasteiger partial charge is 0.476 e. The second kappa shape index (κ2) is 8.30. The zero-order chi connectivity index (χ0) is 22.1. The van der Waals surface area contributed by atoms with Crippen LogP contribution in [0.4, 0.5) is 5.69 Å². The molecule has 0 aliphatic carbocycles. The van der Waals surface area contributed by atoms with E-state index in [1.165, 1.54) is 4.31 Å². The molecule has 0 saturated carbocycles. The molecule has 1 aliphatic heterocycles. The lowest BCUT2D eigenvalue weighted by Crippen LogP contribution is -2.51. The molecule has 7 heteroatoms. The first kappa shape index (κ1) is 22.2. The summed E-state index contributed by atoms with van der Waals surface area (Å²) < 4.78 is 34.2. The fraction of sp³-hybridized carbons (Fsp3) is 0.435. The summed E-state index contributed by atoms with van der Waals surface area (Å²) in [5.41, 5.74) is 1.28. The van der Waals surface area contributed by atoms with Crippen molar-refractivity contribution < 1.29 is 17.9 Å². The fourth-order valence-corrected chi connectivity index (χ4v) is 4.71. The number of carbonyl (C=O) groups excluding carboxylic acids is 1. The number of rotatable bonds is 5. The van der Waals surface area contributed by atoms with Crippen molar-refractivity contribution in [1.82, 2.24) is 5.32 Å². The van der Waals surface area contributed by atoms with Gasteiger partial charge in [0, 0.05) is 6.54 Å². The minimum absolute atomic E-state index is 0.0816. The van der Waals surface area contributed by atoms with Crippen LogP contribution in [0.3, 0.4) is 0 Å². The minimum Gasteiger partial charge on any atom is -0.476 e. The quantitative estimate of drug-likeness (QED) is 0.785. The first-order valence-corrected chi connectivity index (χ1v) is 11.6. The van der Waals surface area contributed by atoms with Crippen LogP contribution in [-0.2, 0) is 20.2 Å². The first-order chi connectivity index (χ1) is 14.0. The maximum Gasteiger partial charge on any atom is 0.264 e. The predicted octanol–water partition coefficient (Wildman–Crippen LogP) is 3.71. The zero-order valence-electron chi connectivity index (χ0n) is 18.2. The lowest BCUT2D eigenvalue weighted by atomic mass is 9.86. The average Bonchev–Trinajstić information content (AvgIpc) is 2.70. The van der Waals surface area contributed by atoms with Crippen LogP contribution in [0, 0.1) is 5.92 Å². The summed E-state index contributed by atoms with van der Waals surface area (Å²) in [6.45, 7) is 10.6. The van der Waals surface area contributed by atoms with E-state index in [0.717, 1.165) is 5.56 Å². The molecule has 6 nitrogen and oxygen atoms in total. The molecule has 0 bridgehead atoms. The Morgan fingerprint density at radius 2 is 1.83 bits per heavy atom. The van der Waals surface area contributed by atoms with Gasteiger partial charge in [0.05, 0.1) is 17.1 Å². The highest BCUT2D eigenvalue weighted by atomic mass is 32.2. The standard InChI is InChI=1S/C23H30N2O4S/c1-16(2)14-24-22(26)21-15-25(30(27,28)18-9-7-6-8-10-18)19-13-17(23(3,4)5)11-12-20(19)29-21/h6-13,16,21H,14-15H2,1-5H3,(H,24,26)/t21-/m0/s1. The van der Waals surface area contributed by atoms with E-state index in [2.05, 4.69) is 26.1 Å². The summed E-state index contributed by atoms with van der Waals surface area (Å²) in [4.78, 5) is 12.9. The Morgan fingerprint density at radius 1 is 1.17 bits per heavy atom. The van der Waals surface area contributed by atoms with Crippen molar-refractivity contribution in [1.29, 1.82) is 0 Å². The third-order valence-electron chi connectivity index (χ3n) is 5.00. The molecule has 1 atom stereocenters. The second-order valence-corrected chi connectivity index (χ2v) is 10.9. The normalized spacial score (nSPS) is 16.7. The van der Waals surface area contributed by atoms with Crippen molar-refractivity contribution in [2.45, 2.75) is 51.0 Å². The van der Waals surface area contributed by atoms with Gasteiger partial charge >= 0.3 is 0 Å². The topological polar surface area (TPSA) is 75.7 Å². The maximum absolute atomic E-state index is 13.5. The molecular weight excluding hydrogens is 400 g/mol. The van der Waals surface area contributed by atoms with Crippen molar-refractivity contribution in [2.75, 3.05) is 17.4 Å². The highest BCUT2D eigenvalue weighted by Crippen LogP contribution is 2.40. The van der Waals surface area contributed by atoms with Gasteiger partial charge in [0.15, 0.2) is 6.10 Å². The van der Waals surface area contributed by atoms with Gasteiger partial charge in [-0.3, -0.25) is 9.10 Å². The molecular formula is C23H30N2O4S. The number of hydrogen-bond donors (Lipinski definition) is 1. The number of ether oxygens (including phenoxy) is 1. The third kappa shape index (κ3) is 4.61. The van der Waals surface area contributed by atoms with Gasteiger partial charge in [-0.05, 0) is 41.2 Å². The van der Waals surface area contributed by atoms with Crippen LogP contribution in [0.1, 0.15) is 40.2 Å². The van der Waals surface area contributed by atoms with Crippen LogP contribution in [-0.4, -0.2) is 33.5 Å². The van der Waals surface area contributed by atoms with Crippen LogP contribution < -0.4 is 14.4 Å². The summed E-state index contributed by atoms with van der Waals surface area (Å²) in [7, 11) is -3.86. The molecule has 0 fully saturated rings. The summed E-state index contributed by atoms with van der Waals surface area (Å²) >= 11 is 0. The molecule has 1 heterocycles. The number of fused-ring (bicyclic) bond motifs is 1. The van der Waals surface area contributed by atoms with E-state index in [9.17, 15) is 13.2 Å². The van der Waals surface area contributed by atoms with Gasteiger partial charge in [0.2, 0.25) is 0 Å². The number of anilines is 1. The summed E-state index contributed by atoms with van der Waals surface area (Å²) in [6.07, 6.45) is -0.921. The van der Waals surface area contributed by atoms with Crippen molar-refractivity contribution in [3.63, 3.8) is 0 Å². The molecule has 30 heavy (non-hydrogen) atoms. The van der Waals surface area contributed by atoms with Gasteiger partial charge in [-0.1, -0.05) is 58.9 Å². The predicted molar refractivity (Wildman–Crippen MR) is 118 cm³/mol. The highest BCUT2D eigenvalue weighted by Gasteiger charge is 2.38. The Hall–Kier alpha value is -2.54. The molecule has 1 amide bonds.